The Labute approximate surface area is 117 Å². The lowest BCUT2D eigenvalue weighted by Crippen LogP contribution is -2.24. The van der Waals surface area contributed by atoms with E-state index in [9.17, 15) is 4.79 Å². The van der Waals surface area contributed by atoms with Crippen molar-refractivity contribution in [2.45, 2.75) is 25.0 Å². The molecule has 0 aliphatic carbocycles. The number of rotatable bonds is 4. The quantitative estimate of drug-likeness (QED) is 0.861. The number of amides is 1. The molecule has 1 aromatic rings. The number of benzene rings is 1. The Balaban J connectivity index is 2.16. The normalized spacial score (nSPS) is 19.4. The molecule has 2 rings (SSSR count). The number of ether oxygens (including phenoxy) is 1. The van der Waals surface area contributed by atoms with Gasteiger partial charge in [-0.2, -0.15) is 12.6 Å². The maximum absolute atomic E-state index is 11.8. The molecule has 1 fully saturated rings. The summed E-state index contributed by atoms with van der Waals surface area (Å²) in [5, 5.41) is 0.642. The van der Waals surface area contributed by atoms with E-state index in [2.05, 4.69) is 12.6 Å². The van der Waals surface area contributed by atoms with Crippen molar-refractivity contribution in [3.63, 3.8) is 0 Å². The Bertz CT molecular complexity index is 453. The average molecular weight is 286 g/mol. The zero-order valence-corrected chi connectivity index (χ0v) is 11.9. The summed E-state index contributed by atoms with van der Waals surface area (Å²) in [6, 6.07) is 5.45. The molecule has 1 unspecified atom stereocenters. The molecule has 1 amide bonds. The highest BCUT2D eigenvalue weighted by Gasteiger charge is 2.28. The molecule has 0 radical (unpaired) electrons. The lowest BCUT2D eigenvalue weighted by Gasteiger charge is -2.17. The molecule has 1 atom stereocenters. The highest BCUT2D eigenvalue weighted by Crippen LogP contribution is 2.32. The number of carbonyl (C=O) groups excluding carboxylic acids is 1. The third kappa shape index (κ3) is 2.93. The summed E-state index contributed by atoms with van der Waals surface area (Å²) in [7, 11) is 0. The minimum atomic E-state index is 0.0910. The predicted octanol–water partition coefficient (Wildman–Crippen LogP) is 3.16. The molecule has 1 aliphatic rings. The van der Waals surface area contributed by atoms with E-state index < -0.39 is 0 Å². The first-order chi connectivity index (χ1) is 8.61. The van der Waals surface area contributed by atoms with Crippen LogP contribution < -0.4 is 9.64 Å². The number of halogens is 1. The van der Waals surface area contributed by atoms with Gasteiger partial charge in [0.25, 0.3) is 0 Å². The second kappa shape index (κ2) is 5.85. The van der Waals surface area contributed by atoms with Gasteiger partial charge in [0.1, 0.15) is 5.75 Å². The molecule has 1 saturated heterocycles. The van der Waals surface area contributed by atoms with Crippen molar-refractivity contribution in [2.24, 2.45) is 0 Å². The topological polar surface area (TPSA) is 29.5 Å². The van der Waals surface area contributed by atoms with Crippen LogP contribution in [0, 0.1) is 0 Å². The summed E-state index contributed by atoms with van der Waals surface area (Å²) < 4.78 is 5.50. The highest BCUT2D eigenvalue weighted by molar-refractivity contribution is 7.81. The van der Waals surface area contributed by atoms with Gasteiger partial charge in [-0.1, -0.05) is 18.5 Å². The minimum Gasteiger partial charge on any atom is -0.492 e. The van der Waals surface area contributed by atoms with Crippen LogP contribution in [0.25, 0.3) is 0 Å². The minimum absolute atomic E-state index is 0.0910. The van der Waals surface area contributed by atoms with Gasteiger partial charge >= 0.3 is 0 Å². The number of hydrogen-bond acceptors (Lipinski definition) is 3. The Morgan fingerprint density at radius 2 is 2.33 bits per heavy atom. The van der Waals surface area contributed by atoms with E-state index in [0.29, 0.717) is 30.3 Å². The molecule has 0 bridgehead atoms. The van der Waals surface area contributed by atoms with Crippen molar-refractivity contribution < 1.29 is 9.53 Å². The molecule has 0 spiro atoms. The fourth-order valence-corrected chi connectivity index (χ4v) is 2.47. The Morgan fingerprint density at radius 1 is 1.56 bits per heavy atom. The largest absolute Gasteiger partial charge is 0.492 e. The number of thiol groups is 1. The van der Waals surface area contributed by atoms with E-state index in [0.717, 1.165) is 12.1 Å². The zero-order valence-electron chi connectivity index (χ0n) is 10.2. The summed E-state index contributed by atoms with van der Waals surface area (Å²) in [5.74, 6) is 0.754. The maximum atomic E-state index is 11.8. The van der Waals surface area contributed by atoms with Crippen LogP contribution in [-0.2, 0) is 4.79 Å². The fourth-order valence-electron chi connectivity index (χ4n) is 1.92. The van der Waals surface area contributed by atoms with Gasteiger partial charge in [0, 0.05) is 23.9 Å². The Morgan fingerprint density at radius 3 is 2.89 bits per heavy atom. The second-order valence-electron chi connectivity index (χ2n) is 4.33. The first-order valence-electron chi connectivity index (χ1n) is 6.02. The number of anilines is 1. The van der Waals surface area contributed by atoms with Crippen molar-refractivity contribution in [1.82, 2.24) is 0 Å². The van der Waals surface area contributed by atoms with Crippen LogP contribution in [0.3, 0.4) is 0 Å². The second-order valence-corrected chi connectivity index (χ2v) is 5.46. The summed E-state index contributed by atoms with van der Waals surface area (Å²) in [6.07, 6.45) is 1.42. The number of hydrogen-bond donors (Lipinski definition) is 1. The van der Waals surface area contributed by atoms with Crippen molar-refractivity contribution in [1.29, 1.82) is 0 Å². The van der Waals surface area contributed by atoms with Gasteiger partial charge in [-0.15, -0.1) is 0 Å². The van der Waals surface area contributed by atoms with Crippen LogP contribution in [-0.4, -0.2) is 24.3 Å². The fraction of sp³-hybridized carbons (Fsp3) is 0.462. The first-order valence-corrected chi connectivity index (χ1v) is 6.92. The molecular weight excluding hydrogens is 270 g/mol. The summed E-state index contributed by atoms with van der Waals surface area (Å²) in [6.45, 7) is 3.31. The van der Waals surface area contributed by atoms with Crippen LogP contribution in [0.5, 0.6) is 5.75 Å². The van der Waals surface area contributed by atoms with Gasteiger partial charge in [0.05, 0.1) is 11.6 Å². The van der Waals surface area contributed by atoms with Crippen molar-refractivity contribution in [3.8, 4) is 5.75 Å². The van der Waals surface area contributed by atoms with Crippen molar-refractivity contribution >= 4 is 35.8 Å². The third-order valence-electron chi connectivity index (χ3n) is 2.79. The predicted molar refractivity (Wildman–Crippen MR) is 77.0 cm³/mol. The van der Waals surface area contributed by atoms with E-state index in [4.69, 9.17) is 16.3 Å². The monoisotopic (exact) mass is 285 g/mol. The lowest BCUT2D eigenvalue weighted by atomic mass is 10.2. The van der Waals surface area contributed by atoms with Gasteiger partial charge in [-0.25, -0.2) is 0 Å². The van der Waals surface area contributed by atoms with Crippen LogP contribution >= 0.6 is 24.2 Å². The number of nitrogens with zero attached hydrogens (tertiary/aromatic N) is 1. The van der Waals surface area contributed by atoms with E-state index in [1.807, 2.05) is 19.1 Å². The van der Waals surface area contributed by atoms with E-state index >= 15 is 0 Å². The Kier molecular flexibility index (Phi) is 4.40. The summed E-state index contributed by atoms with van der Waals surface area (Å²) in [4.78, 5) is 13.5. The molecule has 0 N–H and O–H groups in total. The van der Waals surface area contributed by atoms with Gasteiger partial charge in [-0.05, 0) is 24.6 Å². The molecule has 98 valence electrons. The van der Waals surface area contributed by atoms with Crippen molar-refractivity contribution in [2.75, 3.05) is 18.1 Å². The van der Waals surface area contributed by atoms with Crippen LogP contribution in [0.15, 0.2) is 18.2 Å². The molecule has 1 heterocycles. The van der Waals surface area contributed by atoms with Crippen LogP contribution in [0.1, 0.15) is 19.8 Å². The van der Waals surface area contributed by atoms with Gasteiger partial charge < -0.3 is 9.64 Å². The van der Waals surface area contributed by atoms with E-state index in [-0.39, 0.29) is 11.2 Å². The molecule has 1 aromatic carbocycles. The smallest absolute Gasteiger partial charge is 0.228 e. The molecule has 18 heavy (non-hydrogen) atoms. The van der Waals surface area contributed by atoms with Gasteiger partial charge in [0.2, 0.25) is 5.91 Å². The standard InChI is InChI=1S/C13H16ClNO2S/c1-2-5-17-12-4-3-9(6-11(12)14)15-8-10(18)7-13(15)16/h3-4,6,10,18H,2,5,7-8H2,1H3. The maximum Gasteiger partial charge on any atom is 0.228 e. The molecule has 0 aromatic heterocycles. The summed E-state index contributed by atoms with van der Waals surface area (Å²) in [5.41, 5.74) is 0.811. The van der Waals surface area contributed by atoms with Gasteiger partial charge in [0.15, 0.2) is 0 Å². The van der Waals surface area contributed by atoms with Gasteiger partial charge in [-0.3, -0.25) is 4.79 Å². The third-order valence-corrected chi connectivity index (χ3v) is 3.43. The average Bonchev–Trinajstić information content (AvgIpc) is 2.67. The van der Waals surface area contributed by atoms with Crippen molar-refractivity contribution in [3.05, 3.63) is 23.2 Å². The first kappa shape index (κ1) is 13.6. The highest BCUT2D eigenvalue weighted by atomic mass is 35.5. The van der Waals surface area contributed by atoms with Crippen LogP contribution in [0.4, 0.5) is 5.69 Å². The Hall–Kier alpha value is -0.870. The number of carbonyl (C=O) groups is 1. The molecular formula is C13H16ClNO2S. The summed E-state index contributed by atoms with van der Waals surface area (Å²) >= 11 is 10.5. The molecule has 5 heteroatoms. The molecule has 0 saturated carbocycles. The van der Waals surface area contributed by atoms with Crippen LogP contribution in [0.2, 0.25) is 5.02 Å². The van der Waals surface area contributed by atoms with E-state index in [1.165, 1.54) is 0 Å². The van der Waals surface area contributed by atoms with E-state index in [1.54, 1.807) is 11.0 Å². The zero-order chi connectivity index (χ0) is 13.1. The molecule has 1 aliphatic heterocycles. The molecule has 3 nitrogen and oxygen atoms in total. The SMILES string of the molecule is CCCOc1ccc(N2CC(S)CC2=O)cc1Cl. The lowest BCUT2D eigenvalue weighted by molar-refractivity contribution is -0.117.